The van der Waals surface area contributed by atoms with Crippen LogP contribution in [0.25, 0.3) is 0 Å². The number of allylic oxidation sites excluding steroid dienone is 1. The van der Waals surface area contributed by atoms with E-state index in [4.69, 9.17) is 0 Å². The normalized spacial score (nSPS) is 21.7. The molecule has 23 heavy (non-hydrogen) atoms. The lowest BCUT2D eigenvalue weighted by molar-refractivity contribution is -0.407. The number of dihydropyridines is 1. The van der Waals surface area contributed by atoms with Crippen molar-refractivity contribution in [3.63, 3.8) is 0 Å². The molecule has 2 rings (SSSR count). The molecule has 6 heteroatoms. The van der Waals surface area contributed by atoms with Crippen molar-refractivity contribution in [1.82, 2.24) is 4.90 Å². The molecule has 0 saturated carbocycles. The molecule has 0 bridgehead atoms. The van der Waals surface area contributed by atoms with Crippen molar-refractivity contribution < 1.29 is 14.2 Å². The van der Waals surface area contributed by atoms with Gasteiger partial charge in [0, 0.05) is 4.91 Å². The van der Waals surface area contributed by atoms with Crippen LogP contribution >= 0.6 is 11.8 Å². The standard InChI is InChI=1S/C17H26N3O2S/c1-6-7-12-10-18-15-13(14(12)23-9-8-11(2)3)16(21)20(5)17(22)19(15)4/h10-11,13H,6-9H2,1-5H3/q+1. The lowest BCUT2D eigenvalue weighted by atomic mass is 9.96. The Labute approximate surface area is 142 Å². The van der Waals surface area contributed by atoms with Crippen LogP contribution in [0, 0.1) is 11.8 Å². The number of thioether (sulfide) groups is 1. The quantitative estimate of drug-likeness (QED) is 0.700. The lowest BCUT2D eigenvalue weighted by Crippen LogP contribution is -2.52. The average Bonchev–Trinajstić information content (AvgIpc) is 2.51. The van der Waals surface area contributed by atoms with E-state index in [0.29, 0.717) is 11.8 Å². The van der Waals surface area contributed by atoms with Crippen LogP contribution in [0.2, 0.25) is 0 Å². The van der Waals surface area contributed by atoms with Gasteiger partial charge in [0.1, 0.15) is 6.21 Å². The SMILES string of the molecule is CCCC1=C(SCCC(C)C)C2C(=O)N(C)C(=O)[N+](C)=C2N=C1. The van der Waals surface area contributed by atoms with Gasteiger partial charge in [-0.15, -0.1) is 16.8 Å². The number of amidine groups is 1. The number of nitrogens with zero attached hydrogens (tertiary/aromatic N) is 3. The molecule has 126 valence electrons. The zero-order valence-electron chi connectivity index (χ0n) is 14.6. The maximum absolute atomic E-state index is 12.7. The largest absolute Gasteiger partial charge is 0.445 e. The highest BCUT2D eigenvalue weighted by atomic mass is 32.2. The van der Waals surface area contributed by atoms with Gasteiger partial charge in [0.05, 0.1) is 14.1 Å². The third-order valence-electron chi connectivity index (χ3n) is 4.16. The van der Waals surface area contributed by atoms with Gasteiger partial charge < -0.3 is 0 Å². The van der Waals surface area contributed by atoms with Crippen molar-refractivity contribution in [3.05, 3.63) is 10.5 Å². The molecule has 0 fully saturated rings. The second-order valence-electron chi connectivity index (χ2n) is 6.46. The van der Waals surface area contributed by atoms with Gasteiger partial charge >= 0.3 is 11.9 Å². The second-order valence-corrected chi connectivity index (χ2v) is 7.60. The van der Waals surface area contributed by atoms with Gasteiger partial charge in [-0.25, -0.2) is 4.79 Å². The molecule has 1 atom stereocenters. The summed E-state index contributed by atoms with van der Waals surface area (Å²) in [6.07, 6.45) is 4.86. The summed E-state index contributed by atoms with van der Waals surface area (Å²) in [5, 5.41) is 0. The smallest absolute Gasteiger partial charge is 0.255 e. The van der Waals surface area contributed by atoms with E-state index in [1.807, 2.05) is 6.21 Å². The predicted octanol–water partition coefficient (Wildman–Crippen LogP) is 3.15. The maximum atomic E-state index is 12.7. The Balaban J connectivity index is 2.40. The van der Waals surface area contributed by atoms with Crippen molar-refractivity contribution in [2.75, 3.05) is 19.8 Å². The molecule has 3 amide bonds. The predicted molar refractivity (Wildman–Crippen MR) is 95.2 cm³/mol. The summed E-state index contributed by atoms with van der Waals surface area (Å²) >= 11 is 1.75. The molecule has 0 aromatic rings. The summed E-state index contributed by atoms with van der Waals surface area (Å²) in [4.78, 5) is 31.6. The number of rotatable bonds is 6. The number of amides is 3. The van der Waals surface area contributed by atoms with Crippen molar-refractivity contribution in [2.24, 2.45) is 16.8 Å². The molecule has 5 nitrogen and oxygen atoms in total. The van der Waals surface area contributed by atoms with Gasteiger partial charge in [-0.05, 0) is 30.1 Å². The average molecular weight is 336 g/mol. The Kier molecular flexibility index (Phi) is 5.79. The second kappa shape index (κ2) is 7.43. The minimum Gasteiger partial charge on any atom is -0.255 e. The van der Waals surface area contributed by atoms with E-state index in [9.17, 15) is 9.59 Å². The number of hydrogen-bond donors (Lipinski definition) is 0. The highest BCUT2D eigenvalue weighted by Crippen LogP contribution is 2.36. The monoisotopic (exact) mass is 336 g/mol. The van der Waals surface area contributed by atoms with Gasteiger partial charge in [0.2, 0.25) is 0 Å². The summed E-state index contributed by atoms with van der Waals surface area (Å²) in [5.41, 5.74) is 1.14. The molecule has 0 spiro atoms. The van der Waals surface area contributed by atoms with Crippen molar-refractivity contribution in [1.29, 1.82) is 0 Å². The number of imide groups is 1. The summed E-state index contributed by atoms with van der Waals surface area (Å²) < 4.78 is 1.49. The topological polar surface area (TPSA) is 52.8 Å². The number of carbonyl (C=O) groups is 2. The zero-order chi connectivity index (χ0) is 17.1. The highest BCUT2D eigenvalue weighted by molar-refractivity contribution is 8.03. The van der Waals surface area contributed by atoms with Crippen molar-refractivity contribution in [3.8, 4) is 0 Å². The van der Waals surface area contributed by atoms with Gasteiger partial charge in [0.15, 0.2) is 5.92 Å². The molecule has 0 saturated heterocycles. The van der Waals surface area contributed by atoms with Gasteiger partial charge in [-0.3, -0.25) is 4.79 Å². The molecule has 0 aromatic carbocycles. The highest BCUT2D eigenvalue weighted by Gasteiger charge is 2.48. The number of hydrogen-bond acceptors (Lipinski definition) is 4. The Bertz CT molecular complexity index is 605. The zero-order valence-corrected chi connectivity index (χ0v) is 15.4. The Morgan fingerprint density at radius 1 is 1.39 bits per heavy atom. The van der Waals surface area contributed by atoms with Crippen LogP contribution in [0.1, 0.15) is 40.0 Å². The lowest BCUT2D eigenvalue weighted by Gasteiger charge is -2.28. The summed E-state index contributed by atoms with van der Waals surface area (Å²) in [6.45, 7) is 6.53. The summed E-state index contributed by atoms with van der Waals surface area (Å²) in [7, 11) is 3.23. The Morgan fingerprint density at radius 3 is 2.70 bits per heavy atom. The van der Waals surface area contributed by atoms with E-state index in [1.54, 1.807) is 25.9 Å². The van der Waals surface area contributed by atoms with E-state index in [-0.39, 0.29) is 11.9 Å². The minimum absolute atomic E-state index is 0.166. The third-order valence-corrected chi connectivity index (χ3v) is 5.41. The van der Waals surface area contributed by atoms with Crippen molar-refractivity contribution in [2.45, 2.75) is 40.0 Å². The van der Waals surface area contributed by atoms with E-state index < -0.39 is 5.92 Å². The molecule has 2 heterocycles. The molecule has 0 aromatic heterocycles. The first-order valence-corrected chi connectivity index (χ1v) is 9.19. The van der Waals surface area contributed by atoms with Gasteiger partial charge in [-0.2, -0.15) is 9.48 Å². The fourth-order valence-corrected chi connectivity index (χ4v) is 4.26. The van der Waals surface area contributed by atoms with Gasteiger partial charge in [-0.1, -0.05) is 27.2 Å². The van der Waals surface area contributed by atoms with E-state index in [0.717, 1.165) is 35.5 Å². The molecular weight excluding hydrogens is 310 g/mol. The number of fused-ring (bicyclic) bond motifs is 1. The summed E-state index contributed by atoms with van der Waals surface area (Å²) in [5.74, 6) is 1.58. The van der Waals surface area contributed by atoms with Crippen LogP contribution in [0.5, 0.6) is 0 Å². The molecule has 1 unspecified atom stereocenters. The summed E-state index contributed by atoms with van der Waals surface area (Å²) in [6, 6.07) is -0.316. The first-order chi connectivity index (χ1) is 10.9. The number of carbonyl (C=O) groups excluding carboxylic acids is 2. The van der Waals surface area contributed by atoms with E-state index in [2.05, 4.69) is 25.8 Å². The fourth-order valence-electron chi connectivity index (χ4n) is 2.74. The fraction of sp³-hybridized carbons (Fsp3) is 0.647. The Hall–Kier alpha value is -1.43. The number of aliphatic imine (C=N–C) groups is 1. The van der Waals surface area contributed by atoms with Crippen LogP contribution in [0.3, 0.4) is 0 Å². The molecular formula is C17H26N3O2S+. The molecule has 2 aliphatic rings. The first-order valence-electron chi connectivity index (χ1n) is 8.20. The van der Waals surface area contributed by atoms with Crippen LogP contribution in [0.15, 0.2) is 15.5 Å². The maximum Gasteiger partial charge on any atom is 0.445 e. The Morgan fingerprint density at radius 2 is 2.09 bits per heavy atom. The molecule has 0 radical (unpaired) electrons. The molecule has 2 aliphatic heterocycles. The first kappa shape index (κ1) is 17.9. The third kappa shape index (κ3) is 3.57. The van der Waals surface area contributed by atoms with Crippen molar-refractivity contribution >= 4 is 35.8 Å². The van der Waals surface area contributed by atoms with Crippen LogP contribution in [0.4, 0.5) is 4.79 Å². The van der Waals surface area contributed by atoms with E-state index in [1.165, 1.54) is 9.48 Å². The van der Waals surface area contributed by atoms with Crippen LogP contribution < -0.4 is 0 Å². The molecule has 0 aliphatic carbocycles. The molecule has 0 N–H and O–H groups in total. The van der Waals surface area contributed by atoms with Crippen LogP contribution in [-0.2, 0) is 4.79 Å². The number of urea groups is 1. The van der Waals surface area contributed by atoms with Crippen LogP contribution in [-0.4, -0.2) is 53.3 Å². The van der Waals surface area contributed by atoms with Gasteiger partial charge in [0.25, 0.3) is 5.84 Å². The minimum atomic E-state index is -0.425. The van der Waals surface area contributed by atoms with E-state index >= 15 is 0 Å².